The van der Waals surface area contributed by atoms with Crippen molar-refractivity contribution in [3.05, 3.63) is 59.7 Å². The number of ether oxygens (including phenoxy) is 1. The number of amides is 1. The molecule has 3 rings (SSSR count). The number of carbonyl (C=O) groups excluding carboxylic acids is 1. The average molecular weight is 402 g/mol. The number of hydrogen-bond donors (Lipinski definition) is 2. The molecular weight excluding hydrogens is 376 g/mol. The van der Waals surface area contributed by atoms with Crippen molar-refractivity contribution in [2.75, 3.05) is 20.3 Å². The van der Waals surface area contributed by atoms with Crippen LogP contribution in [0, 0.1) is 22.7 Å². The summed E-state index contributed by atoms with van der Waals surface area (Å²) >= 11 is 0. The Bertz CT molecular complexity index is 931. The van der Waals surface area contributed by atoms with Crippen molar-refractivity contribution in [1.82, 2.24) is 10.6 Å². The predicted molar refractivity (Wildman–Crippen MR) is 114 cm³/mol. The van der Waals surface area contributed by atoms with Crippen LogP contribution in [0.4, 0.5) is 0 Å². The van der Waals surface area contributed by atoms with Gasteiger partial charge in [-0.3, -0.25) is 4.79 Å². The third kappa shape index (κ3) is 5.04. The van der Waals surface area contributed by atoms with Gasteiger partial charge in [-0.1, -0.05) is 36.4 Å². The lowest BCUT2D eigenvalue weighted by Crippen LogP contribution is -2.57. The fraction of sp³-hybridized carbons (Fsp3) is 0.375. The monoisotopic (exact) mass is 402 g/mol. The highest BCUT2D eigenvalue weighted by atomic mass is 16.5. The Balaban J connectivity index is 1.65. The van der Waals surface area contributed by atoms with Crippen LogP contribution in [-0.2, 0) is 16.0 Å². The normalized spacial score (nSPS) is 19.7. The van der Waals surface area contributed by atoms with E-state index in [-0.39, 0.29) is 5.91 Å². The largest absolute Gasteiger partial charge is 0.381 e. The van der Waals surface area contributed by atoms with E-state index < -0.39 is 11.6 Å². The molecular formula is C24H26N4O2. The quantitative estimate of drug-likeness (QED) is 0.774. The summed E-state index contributed by atoms with van der Waals surface area (Å²) in [7, 11) is 1.79. The van der Waals surface area contributed by atoms with E-state index in [0.717, 1.165) is 23.1 Å². The highest BCUT2D eigenvalue weighted by Gasteiger charge is 2.38. The standard InChI is InChI=1S/C24H26N4O2/c1-27-24(11-2-13-30-14-12-24)23(29)28-22(17-26)15-18-3-7-20(8-4-18)21-9-5-19(16-25)6-10-21/h3-10,22,27H,2,11-15H2,1H3,(H,28,29)/t22-,24?/m0/s1. The van der Waals surface area contributed by atoms with Crippen molar-refractivity contribution in [2.45, 2.75) is 37.3 Å². The van der Waals surface area contributed by atoms with Gasteiger partial charge in [-0.15, -0.1) is 0 Å². The van der Waals surface area contributed by atoms with Crippen LogP contribution in [0.5, 0.6) is 0 Å². The smallest absolute Gasteiger partial charge is 0.241 e. The summed E-state index contributed by atoms with van der Waals surface area (Å²) in [5.74, 6) is -0.142. The van der Waals surface area contributed by atoms with Gasteiger partial charge in [0.2, 0.25) is 5.91 Å². The molecule has 0 spiro atoms. The van der Waals surface area contributed by atoms with Gasteiger partial charge in [0.05, 0.1) is 23.2 Å². The highest BCUT2D eigenvalue weighted by molar-refractivity contribution is 5.87. The van der Waals surface area contributed by atoms with Crippen molar-refractivity contribution >= 4 is 5.91 Å². The number of rotatable bonds is 6. The Labute approximate surface area is 177 Å². The van der Waals surface area contributed by atoms with E-state index in [9.17, 15) is 10.1 Å². The summed E-state index contributed by atoms with van der Waals surface area (Å²) in [6.07, 6.45) is 2.52. The van der Waals surface area contributed by atoms with Crippen LogP contribution in [-0.4, -0.2) is 37.7 Å². The van der Waals surface area contributed by atoms with Crippen molar-refractivity contribution < 1.29 is 9.53 Å². The molecule has 0 radical (unpaired) electrons. The van der Waals surface area contributed by atoms with Gasteiger partial charge in [0.25, 0.3) is 0 Å². The van der Waals surface area contributed by atoms with Gasteiger partial charge in [0, 0.05) is 19.6 Å². The fourth-order valence-electron chi connectivity index (χ4n) is 3.77. The van der Waals surface area contributed by atoms with Gasteiger partial charge in [0.15, 0.2) is 0 Å². The van der Waals surface area contributed by atoms with Crippen molar-refractivity contribution in [1.29, 1.82) is 10.5 Å². The molecule has 1 heterocycles. The van der Waals surface area contributed by atoms with Gasteiger partial charge < -0.3 is 15.4 Å². The molecule has 0 aliphatic carbocycles. The van der Waals surface area contributed by atoms with E-state index in [0.29, 0.717) is 38.0 Å². The molecule has 6 nitrogen and oxygen atoms in total. The molecule has 2 aromatic carbocycles. The molecule has 1 fully saturated rings. The Morgan fingerprint density at radius 1 is 1.07 bits per heavy atom. The summed E-state index contributed by atoms with van der Waals surface area (Å²) in [6.45, 7) is 1.19. The minimum Gasteiger partial charge on any atom is -0.381 e. The predicted octanol–water partition coefficient (Wildman–Crippen LogP) is 2.93. The lowest BCUT2D eigenvalue weighted by atomic mass is 9.89. The second kappa shape index (κ2) is 10.0. The number of nitrogens with zero attached hydrogens (tertiary/aromatic N) is 2. The van der Waals surface area contributed by atoms with Crippen LogP contribution >= 0.6 is 0 Å². The van der Waals surface area contributed by atoms with Crippen molar-refractivity contribution in [2.24, 2.45) is 0 Å². The molecule has 30 heavy (non-hydrogen) atoms. The molecule has 1 aliphatic rings. The molecule has 0 bridgehead atoms. The molecule has 154 valence electrons. The van der Waals surface area contributed by atoms with E-state index in [4.69, 9.17) is 10.00 Å². The van der Waals surface area contributed by atoms with E-state index in [2.05, 4.69) is 22.8 Å². The van der Waals surface area contributed by atoms with Crippen molar-refractivity contribution in [3.63, 3.8) is 0 Å². The van der Waals surface area contributed by atoms with Gasteiger partial charge in [-0.25, -0.2) is 0 Å². The molecule has 6 heteroatoms. The van der Waals surface area contributed by atoms with E-state index in [1.165, 1.54) is 0 Å². The van der Waals surface area contributed by atoms with Crippen LogP contribution in [0.1, 0.15) is 30.4 Å². The SMILES string of the molecule is CNC1(C(=O)N[C@H](C#N)Cc2ccc(-c3ccc(C#N)cc3)cc2)CCCOCC1. The molecule has 2 N–H and O–H groups in total. The lowest BCUT2D eigenvalue weighted by molar-refractivity contribution is -0.128. The Kier molecular flexibility index (Phi) is 7.19. The first-order valence-corrected chi connectivity index (χ1v) is 10.2. The maximum absolute atomic E-state index is 13.0. The number of carbonyl (C=O) groups is 1. The Hall–Kier alpha value is -3.19. The van der Waals surface area contributed by atoms with Gasteiger partial charge in [-0.05, 0) is 55.1 Å². The van der Waals surface area contributed by atoms with Gasteiger partial charge in [0.1, 0.15) is 6.04 Å². The number of benzene rings is 2. The topological polar surface area (TPSA) is 97.9 Å². The Morgan fingerprint density at radius 3 is 2.33 bits per heavy atom. The van der Waals surface area contributed by atoms with Crippen LogP contribution in [0.25, 0.3) is 11.1 Å². The minimum absolute atomic E-state index is 0.142. The zero-order chi connectivity index (χ0) is 21.4. The summed E-state index contributed by atoms with van der Waals surface area (Å²) < 4.78 is 5.49. The first-order valence-electron chi connectivity index (χ1n) is 10.2. The van der Waals surface area contributed by atoms with Crippen molar-refractivity contribution in [3.8, 4) is 23.3 Å². The third-order valence-corrected chi connectivity index (χ3v) is 5.68. The first kappa shape index (κ1) is 21.5. The molecule has 2 atom stereocenters. The van der Waals surface area contributed by atoms with E-state index in [1.807, 2.05) is 36.4 Å². The van der Waals surface area contributed by atoms with Gasteiger partial charge in [-0.2, -0.15) is 10.5 Å². The van der Waals surface area contributed by atoms with Gasteiger partial charge >= 0.3 is 0 Å². The molecule has 2 aromatic rings. The molecule has 0 saturated carbocycles. The second-order valence-electron chi connectivity index (χ2n) is 7.54. The van der Waals surface area contributed by atoms with Crippen LogP contribution in [0.2, 0.25) is 0 Å². The van der Waals surface area contributed by atoms with E-state index in [1.54, 1.807) is 19.2 Å². The highest BCUT2D eigenvalue weighted by Crippen LogP contribution is 2.23. The van der Waals surface area contributed by atoms with E-state index >= 15 is 0 Å². The number of nitriles is 2. The molecule has 1 amide bonds. The van der Waals surface area contributed by atoms with Crippen LogP contribution < -0.4 is 10.6 Å². The Morgan fingerprint density at radius 2 is 1.73 bits per heavy atom. The summed E-state index contributed by atoms with van der Waals surface area (Å²) in [6, 6.07) is 19.1. The zero-order valence-corrected chi connectivity index (χ0v) is 17.1. The summed E-state index contributed by atoms with van der Waals surface area (Å²) in [5, 5.41) is 24.6. The number of hydrogen-bond acceptors (Lipinski definition) is 5. The molecule has 1 saturated heterocycles. The maximum atomic E-state index is 13.0. The zero-order valence-electron chi connectivity index (χ0n) is 17.1. The summed E-state index contributed by atoms with van der Waals surface area (Å²) in [4.78, 5) is 13.0. The minimum atomic E-state index is -0.689. The number of likely N-dealkylation sites (N-methyl/N-ethyl adjacent to an activating group) is 1. The second-order valence-corrected chi connectivity index (χ2v) is 7.54. The molecule has 1 unspecified atom stereocenters. The first-order chi connectivity index (χ1) is 14.6. The van der Waals surface area contributed by atoms with Crippen LogP contribution in [0.3, 0.4) is 0 Å². The van der Waals surface area contributed by atoms with Crippen LogP contribution in [0.15, 0.2) is 48.5 Å². The lowest BCUT2D eigenvalue weighted by Gasteiger charge is -2.31. The average Bonchev–Trinajstić information content (AvgIpc) is 3.06. The molecule has 0 aromatic heterocycles. The maximum Gasteiger partial charge on any atom is 0.241 e. The summed E-state index contributed by atoms with van der Waals surface area (Å²) in [5.41, 5.74) is 2.97. The number of nitrogens with one attached hydrogen (secondary N) is 2. The fourth-order valence-corrected chi connectivity index (χ4v) is 3.77. The molecule has 1 aliphatic heterocycles. The third-order valence-electron chi connectivity index (χ3n) is 5.68.